The van der Waals surface area contributed by atoms with Crippen molar-refractivity contribution in [2.75, 3.05) is 6.61 Å². The van der Waals surface area contributed by atoms with Crippen LogP contribution in [0.1, 0.15) is 39.0 Å². The van der Waals surface area contributed by atoms with E-state index >= 15 is 0 Å². The van der Waals surface area contributed by atoms with Crippen LogP contribution in [0, 0.1) is 0 Å². The van der Waals surface area contributed by atoms with Crippen molar-refractivity contribution in [2.24, 2.45) is 0 Å². The lowest BCUT2D eigenvalue weighted by atomic mass is 10.2. The Hall–Kier alpha value is -1.31. The lowest BCUT2D eigenvalue weighted by Gasteiger charge is -2.07. The largest absolute Gasteiger partial charge is 0.494 e. The van der Waals surface area contributed by atoms with Crippen LogP contribution in [-0.2, 0) is 10.3 Å². The molecule has 6 nitrogen and oxygen atoms in total. The molecule has 0 unspecified atom stereocenters. The van der Waals surface area contributed by atoms with E-state index in [1.807, 2.05) is 0 Å². The second-order valence-corrected chi connectivity index (χ2v) is 5.51. The number of nitrogens with one attached hydrogen (secondary N) is 1. The van der Waals surface area contributed by atoms with Gasteiger partial charge in [-0.25, -0.2) is 0 Å². The first-order valence-corrected chi connectivity index (χ1v) is 8.09. The first-order chi connectivity index (χ1) is 9.51. The fraction of sp³-hybridized carbons (Fsp3) is 0.538. The van der Waals surface area contributed by atoms with Crippen LogP contribution in [0.15, 0.2) is 24.3 Å². The summed E-state index contributed by atoms with van der Waals surface area (Å²) < 4.78 is 34.8. The second kappa shape index (κ2) is 8.78. The zero-order valence-electron chi connectivity index (χ0n) is 11.5. The van der Waals surface area contributed by atoms with E-state index in [1.54, 1.807) is 24.3 Å². The van der Waals surface area contributed by atoms with E-state index in [0.717, 1.165) is 12.8 Å². The zero-order chi connectivity index (χ0) is 14.8. The van der Waals surface area contributed by atoms with Crippen molar-refractivity contribution in [1.82, 2.24) is 4.89 Å². The number of benzene rings is 1. The first kappa shape index (κ1) is 16.7. The van der Waals surface area contributed by atoms with Crippen molar-refractivity contribution in [3.05, 3.63) is 24.3 Å². The summed E-state index contributed by atoms with van der Waals surface area (Å²) in [6, 6.07) is 6.44. The molecular formula is C13H21NO5S. The summed E-state index contributed by atoms with van der Waals surface area (Å²) in [5, 5.41) is 0. The molecule has 0 atom stereocenters. The lowest BCUT2D eigenvalue weighted by molar-refractivity contribution is 0.250. The van der Waals surface area contributed by atoms with Crippen molar-refractivity contribution >= 4 is 10.3 Å². The smallest absolute Gasteiger partial charge is 0.364 e. The van der Waals surface area contributed by atoms with E-state index in [-0.39, 0.29) is 5.75 Å². The number of unbranched alkanes of at least 4 members (excludes halogenated alkanes) is 4. The molecule has 0 spiro atoms. The van der Waals surface area contributed by atoms with Crippen LogP contribution < -0.4 is 14.5 Å². The minimum absolute atomic E-state index is 0.262. The van der Waals surface area contributed by atoms with Gasteiger partial charge in [0.25, 0.3) is 0 Å². The monoisotopic (exact) mass is 303 g/mol. The van der Waals surface area contributed by atoms with Crippen LogP contribution >= 0.6 is 0 Å². The third-order valence-corrected chi connectivity index (χ3v) is 2.90. The van der Waals surface area contributed by atoms with Crippen molar-refractivity contribution < 1.29 is 22.5 Å². The van der Waals surface area contributed by atoms with Crippen molar-refractivity contribution in [3.8, 4) is 11.5 Å². The van der Waals surface area contributed by atoms with Gasteiger partial charge >= 0.3 is 10.3 Å². The summed E-state index contributed by atoms with van der Waals surface area (Å²) in [5.74, 6) is 0.956. The number of hydrogen-bond donors (Lipinski definition) is 2. The average Bonchev–Trinajstić information content (AvgIpc) is 2.41. The van der Waals surface area contributed by atoms with E-state index in [1.165, 1.54) is 24.1 Å². The lowest BCUT2D eigenvalue weighted by Crippen LogP contribution is -2.25. The predicted molar refractivity (Wildman–Crippen MR) is 76.0 cm³/mol. The van der Waals surface area contributed by atoms with E-state index in [4.69, 9.17) is 9.29 Å². The minimum Gasteiger partial charge on any atom is -0.494 e. The molecule has 2 N–H and O–H groups in total. The van der Waals surface area contributed by atoms with Crippen LogP contribution in [0.3, 0.4) is 0 Å². The molecule has 0 amide bonds. The maximum Gasteiger partial charge on any atom is 0.364 e. The highest BCUT2D eigenvalue weighted by Crippen LogP contribution is 2.17. The highest BCUT2D eigenvalue weighted by molar-refractivity contribution is 7.83. The molecule has 0 aliphatic heterocycles. The van der Waals surface area contributed by atoms with Gasteiger partial charge in [0.2, 0.25) is 0 Å². The van der Waals surface area contributed by atoms with Gasteiger partial charge in [-0.1, -0.05) is 32.6 Å². The maximum absolute atomic E-state index is 10.4. The van der Waals surface area contributed by atoms with Crippen molar-refractivity contribution in [1.29, 1.82) is 0 Å². The van der Waals surface area contributed by atoms with Gasteiger partial charge in [0.05, 0.1) is 6.61 Å². The van der Waals surface area contributed by atoms with Gasteiger partial charge < -0.3 is 9.57 Å². The molecule has 0 aliphatic carbocycles. The van der Waals surface area contributed by atoms with Gasteiger partial charge in [-0.2, -0.15) is 8.42 Å². The Bertz CT molecular complexity index is 472. The fourth-order valence-electron chi connectivity index (χ4n) is 1.60. The van der Waals surface area contributed by atoms with E-state index in [2.05, 4.69) is 11.8 Å². The molecule has 1 aromatic carbocycles. The molecule has 0 fully saturated rings. The Balaban J connectivity index is 2.25. The highest BCUT2D eigenvalue weighted by Gasteiger charge is 2.04. The minimum atomic E-state index is -4.36. The van der Waals surface area contributed by atoms with Gasteiger partial charge in [-0.05, 0) is 35.6 Å². The molecule has 0 aromatic heterocycles. The number of ether oxygens (including phenoxy) is 1. The summed E-state index contributed by atoms with van der Waals surface area (Å²) in [6.07, 6.45) is 5.89. The van der Waals surface area contributed by atoms with Gasteiger partial charge in [0, 0.05) is 0 Å². The molecule has 0 bridgehead atoms. The molecule has 20 heavy (non-hydrogen) atoms. The topological polar surface area (TPSA) is 84.9 Å². The van der Waals surface area contributed by atoms with Crippen LogP contribution in [-0.4, -0.2) is 19.6 Å². The zero-order valence-corrected chi connectivity index (χ0v) is 12.4. The Morgan fingerprint density at radius 2 is 1.65 bits per heavy atom. The van der Waals surface area contributed by atoms with Crippen LogP contribution in [0.5, 0.6) is 11.5 Å². The fourth-order valence-corrected chi connectivity index (χ4v) is 1.80. The average molecular weight is 303 g/mol. The number of hydrogen-bond acceptors (Lipinski definition) is 4. The predicted octanol–water partition coefficient (Wildman–Crippen LogP) is 2.72. The van der Waals surface area contributed by atoms with Gasteiger partial charge in [0.15, 0.2) is 0 Å². The Kier molecular flexibility index (Phi) is 7.35. The van der Waals surface area contributed by atoms with Crippen LogP contribution in [0.25, 0.3) is 0 Å². The number of rotatable bonds is 10. The molecule has 7 heteroatoms. The maximum atomic E-state index is 10.4. The molecular weight excluding hydrogens is 282 g/mol. The highest BCUT2D eigenvalue weighted by atomic mass is 32.2. The SMILES string of the molecule is CCCCCCCOc1ccc(ONS(=O)(=O)O)cc1. The van der Waals surface area contributed by atoms with E-state index < -0.39 is 10.3 Å². The summed E-state index contributed by atoms with van der Waals surface area (Å²) in [6.45, 7) is 2.84. The quantitative estimate of drug-likeness (QED) is 0.394. The van der Waals surface area contributed by atoms with E-state index in [9.17, 15) is 8.42 Å². The standard InChI is InChI=1S/C13H21NO5S/c1-2-3-4-5-6-11-18-12-7-9-13(10-8-12)19-14-20(15,16)17/h7-10,14H,2-6,11H2,1H3,(H,15,16,17). The van der Waals surface area contributed by atoms with Crippen LogP contribution in [0.4, 0.5) is 0 Å². The van der Waals surface area contributed by atoms with Crippen LogP contribution in [0.2, 0.25) is 0 Å². The first-order valence-electron chi connectivity index (χ1n) is 6.65. The third-order valence-electron chi connectivity index (χ3n) is 2.61. The molecule has 0 saturated carbocycles. The third kappa shape index (κ3) is 7.98. The molecule has 0 aliphatic rings. The van der Waals surface area contributed by atoms with Gasteiger partial charge in [-0.3, -0.25) is 4.55 Å². The second-order valence-electron chi connectivity index (χ2n) is 4.39. The Morgan fingerprint density at radius 1 is 1.05 bits per heavy atom. The molecule has 0 saturated heterocycles. The normalized spacial score (nSPS) is 11.3. The van der Waals surface area contributed by atoms with Gasteiger partial charge in [0.1, 0.15) is 11.5 Å². The Morgan fingerprint density at radius 3 is 2.25 bits per heavy atom. The Labute approximate surface area is 119 Å². The molecule has 1 rings (SSSR count). The van der Waals surface area contributed by atoms with Crippen molar-refractivity contribution in [2.45, 2.75) is 39.0 Å². The summed E-state index contributed by atoms with van der Waals surface area (Å²) in [4.78, 5) is 6.17. The summed E-state index contributed by atoms with van der Waals surface area (Å²) in [7, 11) is -4.36. The van der Waals surface area contributed by atoms with Crippen molar-refractivity contribution in [3.63, 3.8) is 0 Å². The van der Waals surface area contributed by atoms with Gasteiger partial charge in [-0.15, -0.1) is 0 Å². The van der Waals surface area contributed by atoms with E-state index in [0.29, 0.717) is 12.4 Å². The summed E-state index contributed by atoms with van der Waals surface area (Å²) in [5.41, 5.74) is 0. The molecule has 114 valence electrons. The molecule has 0 radical (unpaired) electrons. The molecule has 0 heterocycles. The summed E-state index contributed by atoms with van der Waals surface area (Å²) >= 11 is 0. The molecule has 1 aromatic rings.